The van der Waals surface area contributed by atoms with Gasteiger partial charge in [0.15, 0.2) is 5.78 Å². The molecule has 1 aromatic rings. The SMILES string of the molecule is O=C(Cc1ccncn1)C(Cl)(Cl)Cl. The minimum atomic E-state index is -1.87. The lowest BCUT2D eigenvalue weighted by atomic mass is 10.2. The number of halogens is 3. The highest BCUT2D eigenvalue weighted by atomic mass is 35.6. The third-order valence-corrected chi connectivity index (χ3v) is 1.93. The Morgan fingerprint density at radius 3 is 2.62 bits per heavy atom. The van der Waals surface area contributed by atoms with Crippen LogP contribution in [0.1, 0.15) is 5.69 Å². The van der Waals surface area contributed by atoms with Crippen molar-refractivity contribution in [3.05, 3.63) is 24.3 Å². The van der Waals surface area contributed by atoms with E-state index in [-0.39, 0.29) is 6.42 Å². The first-order chi connectivity index (χ1) is 6.00. The van der Waals surface area contributed by atoms with Crippen LogP contribution in [-0.2, 0) is 11.2 Å². The summed E-state index contributed by atoms with van der Waals surface area (Å²) < 4.78 is -1.87. The standard InChI is InChI=1S/C7H5Cl3N2O/c8-7(9,10)6(13)3-5-1-2-11-4-12-5/h1-2,4H,3H2. The number of hydrogen-bond acceptors (Lipinski definition) is 3. The van der Waals surface area contributed by atoms with E-state index in [1.807, 2.05) is 0 Å². The zero-order valence-corrected chi connectivity index (χ0v) is 8.64. The molecule has 0 aromatic carbocycles. The number of carbonyl (C=O) groups is 1. The maximum Gasteiger partial charge on any atom is 0.249 e. The average Bonchev–Trinajstić information content (AvgIpc) is 2.04. The number of alkyl halides is 3. The molecule has 1 heterocycles. The molecule has 0 unspecified atom stereocenters. The molecule has 0 aliphatic heterocycles. The highest BCUT2D eigenvalue weighted by Gasteiger charge is 2.30. The third kappa shape index (κ3) is 3.46. The van der Waals surface area contributed by atoms with Crippen molar-refractivity contribution in [1.29, 1.82) is 0 Å². The molecule has 0 spiro atoms. The fourth-order valence-electron chi connectivity index (χ4n) is 0.687. The summed E-state index contributed by atoms with van der Waals surface area (Å²) in [4.78, 5) is 18.7. The zero-order chi connectivity index (χ0) is 9.90. The van der Waals surface area contributed by atoms with Crippen molar-refractivity contribution in [2.75, 3.05) is 0 Å². The molecule has 3 nitrogen and oxygen atoms in total. The van der Waals surface area contributed by atoms with E-state index in [2.05, 4.69) is 9.97 Å². The first-order valence-electron chi connectivity index (χ1n) is 3.35. The van der Waals surface area contributed by atoms with Gasteiger partial charge in [-0.2, -0.15) is 0 Å². The van der Waals surface area contributed by atoms with Crippen molar-refractivity contribution in [3.63, 3.8) is 0 Å². The number of nitrogens with zero attached hydrogens (tertiary/aromatic N) is 2. The molecule has 0 bridgehead atoms. The second-order valence-corrected chi connectivity index (χ2v) is 4.58. The van der Waals surface area contributed by atoms with E-state index in [1.165, 1.54) is 12.5 Å². The van der Waals surface area contributed by atoms with E-state index in [4.69, 9.17) is 34.8 Å². The molecular formula is C7H5Cl3N2O. The molecule has 6 heteroatoms. The van der Waals surface area contributed by atoms with Gasteiger partial charge in [0, 0.05) is 6.20 Å². The quantitative estimate of drug-likeness (QED) is 0.741. The summed E-state index contributed by atoms with van der Waals surface area (Å²) in [7, 11) is 0. The van der Waals surface area contributed by atoms with Crippen LogP contribution in [0.2, 0.25) is 0 Å². The van der Waals surface area contributed by atoms with Gasteiger partial charge in [-0.25, -0.2) is 9.97 Å². The topological polar surface area (TPSA) is 42.9 Å². The zero-order valence-electron chi connectivity index (χ0n) is 6.38. The molecule has 0 fully saturated rings. The molecule has 0 saturated heterocycles. The van der Waals surface area contributed by atoms with Crippen molar-refractivity contribution in [2.45, 2.75) is 10.2 Å². The van der Waals surface area contributed by atoms with Gasteiger partial charge < -0.3 is 0 Å². The predicted octanol–water partition coefficient (Wildman–Crippen LogP) is 1.96. The van der Waals surface area contributed by atoms with Crippen molar-refractivity contribution in [1.82, 2.24) is 9.97 Å². The number of rotatable bonds is 2. The summed E-state index contributed by atoms with van der Waals surface area (Å²) in [6, 6.07) is 1.59. The van der Waals surface area contributed by atoms with Crippen LogP contribution in [0.15, 0.2) is 18.6 Å². The maximum absolute atomic E-state index is 11.2. The van der Waals surface area contributed by atoms with Gasteiger partial charge in [0.2, 0.25) is 3.79 Å². The molecule has 13 heavy (non-hydrogen) atoms. The van der Waals surface area contributed by atoms with Crippen molar-refractivity contribution in [2.24, 2.45) is 0 Å². The summed E-state index contributed by atoms with van der Waals surface area (Å²) in [5.41, 5.74) is 0.534. The van der Waals surface area contributed by atoms with Crippen LogP contribution in [0.4, 0.5) is 0 Å². The van der Waals surface area contributed by atoms with Gasteiger partial charge in [-0.15, -0.1) is 0 Å². The lowest BCUT2D eigenvalue weighted by molar-refractivity contribution is -0.117. The number of hydrogen-bond donors (Lipinski definition) is 0. The van der Waals surface area contributed by atoms with Crippen LogP contribution >= 0.6 is 34.8 Å². The lowest BCUT2D eigenvalue weighted by Crippen LogP contribution is -2.21. The Labute approximate surface area is 90.0 Å². The second-order valence-electron chi connectivity index (χ2n) is 2.30. The molecule has 0 saturated carbocycles. The van der Waals surface area contributed by atoms with Gasteiger partial charge in [-0.3, -0.25) is 4.79 Å². The number of Topliss-reactive ketones (excluding diaryl/α,β-unsaturated/α-hetero) is 1. The maximum atomic E-state index is 11.2. The summed E-state index contributed by atoms with van der Waals surface area (Å²) in [6.45, 7) is 0. The molecule has 0 aliphatic carbocycles. The summed E-state index contributed by atoms with van der Waals surface area (Å²) in [6.07, 6.45) is 2.86. The average molecular weight is 239 g/mol. The molecule has 0 N–H and O–H groups in total. The normalized spacial score (nSPS) is 11.3. The number of ketones is 1. The third-order valence-electron chi connectivity index (χ3n) is 1.30. The van der Waals surface area contributed by atoms with E-state index >= 15 is 0 Å². The molecule has 0 amide bonds. The van der Waals surface area contributed by atoms with Crippen molar-refractivity contribution in [3.8, 4) is 0 Å². The largest absolute Gasteiger partial charge is 0.294 e. The first kappa shape index (κ1) is 10.7. The van der Waals surface area contributed by atoms with Crippen LogP contribution < -0.4 is 0 Å². The molecule has 0 radical (unpaired) electrons. The number of aromatic nitrogens is 2. The second kappa shape index (κ2) is 4.22. The molecule has 1 rings (SSSR count). The highest BCUT2D eigenvalue weighted by Crippen LogP contribution is 2.28. The Kier molecular flexibility index (Phi) is 3.47. The molecular weight excluding hydrogens is 234 g/mol. The van der Waals surface area contributed by atoms with E-state index in [9.17, 15) is 4.79 Å². The Hall–Kier alpha value is -0.380. The minimum absolute atomic E-state index is 0.000972. The van der Waals surface area contributed by atoms with Gasteiger partial charge in [0.05, 0.1) is 12.1 Å². The summed E-state index contributed by atoms with van der Waals surface area (Å²) >= 11 is 16.1. The molecule has 1 aromatic heterocycles. The molecule has 0 aliphatic rings. The first-order valence-corrected chi connectivity index (χ1v) is 4.48. The summed E-state index contributed by atoms with van der Waals surface area (Å²) in [5.74, 6) is -0.504. The Morgan fingerprint density at radius 2 is 2.15 bits per heavy atom. The molecule has 0 atom stereocenters. The van der Waals surface area contributed by atoms with E-state index in [1.54, 1.807) is 6.07 Å². The van der Waals surface area contributed by atoms with Crippen LogP contribution in [-0.4, -0.2) is 19.5 Å². The van der Waals surface area contributed by atoms with Gasteiger partial charge in [-0.05, 0) is 6.07 Å². The van der Waals surface area contributed by atoms with E-state index < -0.39 is 9.58 Å². The monoisotopic (exact) mass is 238 g/mol. The number of carbonyl (C=O) groups excluding carboxylic acids is 1. The van der Waals surface area contributed by atoms with Crippen LogP contribution in [0.3, 0.4) is 0 Å². The smallest absolute Gasteiger partial charge is 0.249 e. The fraction of sp³-hybridized carbons (Fsp3) is 0.286. The van der Waals surface area contributed by atoms with Crippen molar-refractivity contribution < 1.29 is 4.79 Å². The van der Waals surface area contributed by atoms with Gasteiger partial charge in [-0.1, -0.05) is 34.8 Å². The van der Waals surface area contributed by atoms with Crippen LogP contribution in [0.5, 0.6) is 0 Å². The summed E-state index contributed by atoms with van der Waals surface area (Å²) in [5, 5.41) is 0. The highest BCUT2D eigenvalue weighted by molar-refractivity contribution is 6.76. The minimum Gasteiger partial charge on any atom is -0.294 e. The Morgan fingerprint density at radius 1 is 1.46 bits per heavy atom. The van der Waals surface area contributed by atoms with Crippen molar-refractivity contribution >= 4 is 40.6 Å². The Balaban J connectivity index is 2.66. The van der Waals surface area contributed by atoms with E-state index in [0.29, 0.717) is 5.69 Å². The van der Waals surface area contributed by atoms with Gasteiger partial charge >= 0.3 is 0 Å². The van der Waals surface area contributed by atoms with Gasteiger partial charge in [0.1, 0.15) is 6.33 Å². The Bertz CT molecular complexity index is 296. The fourth-order valence-corrected chi connectivity index (χ4v) is 0.888. The van der Waals surface area contributed by atoms with Gasteiger partial charge in [0.25, 0.3) is 0 Å². The molecule has 70 valence electrons. The van der Waals surface area contributed by atoms with Crippen LogP contribution in [0, 0.1) is 0 Å². The van der Waals surface area contributed by atoms with E-state index in [0.717, 1.165) is 0 Å². The predicted molar refractivity (Wildman–Crippen MR) is 51.0 cm³/mol. The lowest BCUT2D eigenvalue weighted by Gasteiger charge is -2.07. The van der Waals surface area contributed by atoms with Crippen LogP contribution in [0.25, 0.3) is 0 Å².